The number of carbonyl (C=O) groups excluding carboxylic acids is 3. The Labute approximate surface area is 243 Å². The first-order valence-corrected chi connectivity index (χ1v) is 15.3. The van der Waals surface area contributed by atoms with E-state index in [4.69, 9.17) is 4.74 Å². The van der Waals surface area contributed by atoms with Crippen molar-refractivity contribution < 1.29 is 19.1 Å². The molecule has 226 valence electrons. The predicted molar refractivity (Wildman–Crippen MR) is 162 cm³/mol. The largest absolute Gasteiger partial charge is 0.444 e. The minimum atomic E-state index is -0.841. The number of hydrogen-bond donors (Lipinski definition) is 2. The molecule has 3 atom stereocenters. The number of amides is 3. The van der Waals surface area contributed by atoms with Gasteiger partial charge in [-0.2, -0.15) is 0 Å². The van der Waals surface area contributed by atoms with Gasteiger partial charge >= 0.3 is 6.09 Å². The van der Waals surface area contributed by atoms with E-state index in [-0.39, 0.29) is 29.8 Å². The Hall–Kier alpha value is -2.57. The average molecular weight is 558 g/mol. The zero-order valence-corrected chi connectivity index (χ0v) is 26.7. The van der Waals surface area contributed by atoms with Gasteiger partial charge in [0.1, 0.15) is 17.7 Å². The molecule has 1 aromatic carbocycles. The first-order chi connectivity index (χ1) is 18.6. The summed E-state index contributed by atoms with van der Waals surface area (Å²) < 4.78 is 5.52. The van der Waals surface area contributed by atoms with Crippen LogP contribution in [0.5, 0.6) is 0 Å². The first-order valence-electron chi connectivity index (χ1n) is 15.3. The zero-order valence-electron chi connectivity index (χ0n) is 26.7. The molecule has 40 heavy (non-hydrogen) atoms. The molecule has 7 heteroatoms. The molecule has 0 bridgehead atoms. The van der Waals surface area contributed by atoms with Crippen LogP contribution in [0.4, 0.5) is 4.79 Å². The summed E-state index contributed by atoms with van der Waals surface area (Å²) in [6.07, 6.45) is 6.33. The fourth-order valence-electron chi connectivity index (χ4n) is 5.44. The van der Waals surface area contributed by atoms with Gasteiger partial charge in [-0.05, 0) is 95.8 Å². The molecular formula is C33H55N3O4. The third kappa shape index (κ3) is 9.81. The summed E-state index contributed by atoms with van der Waals surface area (Å²) in [7, 11) is 0. The van der Waals surface area contributed by atoms with Crippen LogP contribution in [0.3, 0.4) is 0 Å². The van der Waals surface area contributed by atoms with Gasteiger partial charge in [-0.25, -0.2) is 4.79 Å². The number of carbonyl (C=O) groups is 3. The van der Waals surface area contributed by atoms with Crippen molar-refractivity contribution in [3.63, 3.8) is 0 Å². The molecule has 1 fully saturated rings. The van der Waals surface area contributed by atoms with Gasteiger partial charge < -0.3 is 20.3 Å². The van der Waals surface area contributed by atoms with E-state index in [0.29, 0.717) is 5.92 Å². The van der Waals surface area contributed by atoms with Crippen molar-refractivity contribution in [1.29, 1.82) is 0 Å². The molecule has 1 saturated carbocycles. The van der Waals surface area contributed by atoms with E-state index in [2.05, 4.69) is 24.5 Å². The van der Waals surface area contributed by atoms with Crippen LogP contribution in [0, 0.1) is 25.7 Å². The summed E-state index contributed by atoms with van der Waals surface area (Å²) in [4.78, 5) is 43.4. The maximum absolute atomic E-state index is 14.6. The number of nitrogens with zero attached hydrogens (tertiary/aromatic N) is 1. The summed E-state index contributed by atoms with van der Waals surface area (Å²) in [5.41, 5.74) is 2.21. The van der Waals surface area contributed by atoms with Crippen molar-refractivity contribution in [1.82, 2.24) is 15.5 Å². The summed E-state index contributed by atoms with van der Waals surface area (Å²) in [6.45, 7) is 19.6. The summed E-state index contributed by atoms with van der Waals surface area (Å²) in [6, 6.07) is 4.19. The van der Waals surface area contributed by atoms with Gasteiger partial charge in [-0.1, -0.05) is 65.2 Å². The van der Waals surface area contributed by atoms with E-state index >= 15 is 0 Å². The van der Waals surface area contributed by atoms with Gasteiger partial charge in [0.2, 0.25) is 11.8 Å². The molecule has 1 aromatic rings. The van der Waals surface area contributed by atoms with Crippen LogP contribution in [0.15, 0.2) is 18.2 Å². The molecule has 0 saturated heterocycles. The molecule has 0 heterocycles. The van der Waals surface area contributed by atoms with Gasteiger partial charge in [0.15, 0.2) is 0 Å². The van der Waals surface area contributed by atoms with Crippen molar-refractivity contribution in [3.05, 3.63) is 34.9 Å². The molecular weight excluding hydrogens is 502 g/mol. The van der Waals surface area contributed by atoms with Crippen LogP contribution in [-0.2, 0) is 14.3 Å². The van der Waals surface area contributed by atoms with Crippen molar-refractivity contribution >= 4 is 17.9 Å². The van der Waals surface area contributed by atoms with Gasteiger partial charge in [-0.15, -0.1) is 0 Å². The molecule has 0 spiro atoms. The van der Waals surface area contributed by atoms with E-state index in [0.717, 1.165) is 55.2 Å². The van der Waals surface area contributed by atoms with Crippen LogP contribution in [-0.4, -0.2) is 46.5 Å². The SMILES string of the molecule is Cc1cccc(C(C(=O)NC2CCCCC2)N(C(=O)C(NC(=O)OC(C)(C)C)C(C)C)C(C)CCC(C)C)c1C. The van der Waals surface area contributed by atoms with Crippen LogP contribution in [0.25, 0.3) is 0 Å². The molecule has 1 aliphatic rings. The second-order valence-corrected chi connectivity index (χ2v) is 13.5. The van der Waals surface area contributed by atoms with Gasteiger partial charge in [-0.3, -0.25) is 9.59 Å². The Kier molecular flexibility index (Phi) is 12.5. The van der Waals surface area contributed by atoms with E-state index in [1.807, 2.05) is 52.8 Å². The summed E-state index contributed by atoms with van der Waals surface area (Å²) in [5.74, 6) is -0.164. The number of ether oxygens (including phenoxy) is 1. The Balaban J connectivity index is 2.60. The Morgan fingerprint density at radius 1 is 0.975 bits per heavy atom. The topological polar surface area (TPSA) is 87.7 Å². The van der Waals surface area contributed by atoms with Gasteiger partial charge in [0, 0.05) is 12.1 Å². The molecule has 2 rings (SSSR count). The lowest BCUT2D eigenvalue weighted by Gasteiger charge is -2.40. The Bertz CT molecular complexity index is 992. The standard InChI is InChI=1S/C33H55N3O4/c1-21(2)19-20-24(6)36(31(38)28(22(3)4)35-32(39)40-33(8,9)10)29(27-18-14-15-23(5)25(27)7)30(37)34-26-16-12-11-13-17-26/h14-15,18,21-22,24,26,28-29H,11-13,16-17,19-20H2,1-10H3,(H,34,37)(H,35,39). The number of nitrogens with one attached hydrogen (secondary N) is 2. The molecule has 0 aromatic heterocycles. The van der Waals surface area contributed by atoms with Crippen LogP contribution in [0.1, 0.15) is 123 Å². The van der Waals surface area contributed by atoms with Gasteiger partial charge in [0.25, 0.3) is 0 Å². The first kappa shape index (κ1) is 33.6. The molecule has 3 unspecified atom stereocenters. The highest BCUT2D eigenvalue weighted by atomic mass is 16.6. The van der Waals surface area contributed by atoms with Crippen molar-refractivity contribution in [2.24, 2.45) is 11.8 Å². The molecule has 0 radical (unpaired) electrons. The maximum atomic E-state index is 14.6. The molecule has 2 N–H and O–H groups in total. The predicted octanol–water partition coefficient (Wildman–Crippen LogP) is 7.00. The van der Waals surface area contributed by atoms with E-state index < -0.39 is 23.8 Å². The van der Waals surface area contributed by atoms with Crippen molar-refractivity contribution in [3.8, 4) is 0 Å². The lowest BCUT2D eigenvalue weighted by molar-refractivity contribution is -0.146. The zero-order chi connectivity index (χ0) is 30.2. The highest BCUT2D eigenvalue weighted by Crippen LogP contribution is 2.32. The second kappa shape index (κ2) is 14.9. The van der Waals surface area contributed by atoms with E-state index in [9.17, 15) is 14.4 Å². The number of benzene rings is 1. The fraction of sp³-hybridized carbons (Fsp3) is 0.727. The number of hydrogen-bond acceptors (Lipinski definition) is 4. The highest BCUT2D eigenvalue weighted by Gasteiger charge is 2.41. The second-order valence-electron chi connectivity index (χ2n) is 13.5. The minimum Gasteiger partial charge on any atom is -0.444 e. The number of rotatable bonds is 11. The lowest BCUT2D eigenvalue weighted by Crippen LogP contribution is -2.57. The molecule has 7 nitrogen and oxygen atoms in total. The van der Waals surface area contributed by atoms with Gasteiger partial charge in [0.05, 0.1) is 0 Å². The Morgan fingerprint density at radius 3 is 2.15 bits per heavy atom. The maximum Gasteiger partial charge on any atom is 0.408 e. The van der Waals surface area contributed by atoms with Crippen LogP contribution < -0.4 is 10.6 Å². The van der Waals surface area contributed by atoms with E-state index in [1.54, 1.807) is 25.7 Å². The number of alkyl carbamates (subject to hydrolysis) is 1. The molecule has 0 aliphatic heterocycles. The molecule has 3 amide bonds. The summed E-state index contributed by atoms with van der Waals surface area (Å²) in [5, 5.41) is 6.16. The lowest BCUT2D eigenvalue weighted by atomic mass is 9.90. The quantitative estimate of drug-likeness (QED) is 0.307. The third-order valence-corrected chi connectivity index (χ3v) is 7.92. The van der Waals surface area contributed by atoms with E-state index in [1.165, 1.54) is 6.42 Å². The normalized spacial score (nSPS) is 16.8. The fourth-order valence-corrected chi connectivity index (χ4v) is 5.44. The Morgan fingerprint density at radius 2 is 1.60 bits per heavy atom. The van der Waals surface area contributed by atoms with Crippen LogP contribution >= 0.6 is 0 Å². The van der Waals surface area contributed by atoms with Crippen LogP contribution in [0.2, 0.25) is 0 Å². The minimum absolute atomic E-state index is 0.109. The average Bonchev–Trinajstić information content (AvgIpc) is 2.85. The smallest absolute Gasteiger partial charge is 0.408 e. The number of aryl methyl sites for hydroxylation is 1. The van der Waals surface area contributed by atoms with Crippen molar-refractivity contribution in [2.75, 3.05) is 0 Å². The third-order valence-electron chi connectivity index (χ3n) is 7.92. The van der Waals surface area contributed by atoms with Crippen molar-refractivity contribution in [2.45, 2.75) is 144 Å². The highest BCUT2D eigenvalue weighted by molar-refractivity contribution is 5.93. The molecule has 1 aliphatic carbocycles. The summed E-state index contributed by atoms with van der Waals surface area (Å²) >= 11 is 0. The monoisotopic (exact) mass is 557 g/mol.